The number of carbonyl (C=O) groups excluding carboxylic acids is 4. The molecule has 2 aromatic rings. The van der Waals surface area contributed by atoms with Crippen LogP contribution in [-0.4, -0.2) is 83.3 Å². The maximum absolute atomic E-state index is 13.7. The van der Waals surface area contributed by atoms with Crippen LogP contribution in [0.5, 0.6) is 0 Å². The Morgan fingerprint density at radius 2 is 1.67 bits per heavy atom. The molecular formula is C30H40N8O4. The molecule has 2 aliphatic heterocycles. The summed E-state index contributed by atoms with van der Waals surface area (Å²) in [5.41, 5.74) is 18.3. The first kappa shape index (κ1) is 30.7. The molecule has 0 aliphatic carbocycles. The Labute approximate surface area is 245 Å². The average molecular weight is 577 g/mol. The molecule has 3 atom stereocenters. The van der Waals surface area contributed by atoms with Gasteiger partial charge in [-0.05, 0) is 49.7 Å². The van der Waals surface area contributed by atoms with E-state index in [0.717, 1.165) is 11.1 Å². The molecule has 2 fully saturated rings. The van der Waals surface area contributed by atoms with E-state index >= 15 is 0 Å². The van der Waals surface area contributed by atoms with Crippen LogP contribution in [0.4, 0.5) is 0 Å². The number of aliphatic imine (C=N–C) groups is 1. The first-order valence-corrected chi connectivity index (χ1v) is 14.3. The number of hydrazine groups is 1. The number of hydrogen-bond acceptors (Lipinski definition) is 7. The van der Waals surface area contributed by atoms with Gasteiger partial charge < -0.3 is 27.8 Å². The van der Waals surface area contributed by atoms with Gasteiger partial charge >= 0.3 is 0 Å². The number of amides is 3. The van der Waals surface area contributed by atoms with Crippen LogP contribution >= 0.6 is 0 Å². The average Bonchev–Trinajstić information content (AvgIpc) is 3.42. The number of carbonyl (C=O) groups is 4. The van der Waals surface area contributed by atoms with E-state index in [1.165, 1.54) is 5.01 Å². The number of benzene rings is 2. The topological polar surface area (TPSA) is 189 Å². The lowest BCUT2D eigenvalue weighted by Crippen LogP contribution is -2.67. The number of rotatable bonds is 13. The Bertz CT molecular complexity index is 1280. The second-order valence-corrected chi connectivity index (χ2v) is 10.8. The molecule has 12 nitrogen and oxygen atoms in total. The fraction of sp³-hybridized carbons (Fsp3) is 0.433. The highest BCUT2D eigenvalue weighted by molar-refractivity contribution is 6.38. The predicted molar refractivity (Wildman–Crippen MR) is 159 cm³/mol. The Balaban J connectivity index is 1.42. The number of Topliss-reactive ketones (excluding diaryl/α,β-unsaturated/α-hetero) is 1. The summed E-state index contributed by atoms with van der Waals surface area (Å²) in [5.74, 6) is -2.48. The highest BCUT2D eigenvalue weighted by Crippen LogP contribution is 2.31. The number of nitrogens with two attached hydrogens (primary N) is 3. The van der Waals surface area contributed by atoms with Gasteiger partial charge in [-0.1, -0.05) is 60.7 Å². The van der Waals surface area contributed by atoms with E-state index in [0.29, 0.717) is 45.2 Å². The summed E-state index contributed by atoms with van der Waals surface area (Å²) >= 11 is 0. The molecule has 224 valence electrons. The largest absolute Gasteiger partial charge is 0.370 e. The van der Waals surface area contributed by atoms with Gasteiger partial charge in [0.05, 0.1) is 6.04 Å². The van der Waals surface area contributed by atoms with E-state index in [4.69, 9.17) is 17.2 Å². The third-order valence-electron chi connectivity index (χ3n) is 7.72. The molecule has 2 saturated heterocycles. The SMILES string of the molecule is NC(N)=NCCCC(NC(=O)[C@@H]1CCN2CC[C@@](N)(Cc3ccccc3)C(=O)N12)C(=O)C(=O)NCCc1ccccc1. The molecule has 0 spiro atoms. The van der Waals surface area contributed by atoms with Gasteiger partial charge in [-0.25, -0.2) is 5.01 Å². The second-order valence-electron chi connectivity index (χ2n) is 10.8. The highest BCUT2D eigenvalue weighted by Gasteiger charge is 2.51. The number of fused-ring (bicyclic) bond motifs is 1. The maximum Gasteiger partial charge on any atom is 0.289 e. The molecule has 2 aromatic carbocycles. The molecule has 0 saturated carbocycles. The lowest BCUT2D eigenvalue weighted by molar-refractivity contribution is -0.165. The molecule has 4 rings (SSSR count). The predicted octanol–water partition coefficient (Wildman–Crippen LogP) is -0.385. The van der Waals surface area contributed by atoms with Crippen LogP contribution in [0.2, 0.25) is 0 Å². The van der Waals surface area contributed by atoms with E-state index in [1.54, 1.807) is 0 Å². The molecular weight excluding hydrogens is 536 g/mol. The monoisotopic (exact) mass is 576 g/mol. The summed E-state index contributed by atoms with van der Waals surface area (Å²) in [6, 6.07) is 17.2. The molecule has 1 unspecified atom stereocenters. The number of ketones is 1. The lowest BCUT2D eigenvalue weighted by atomic mass is 9.85. The molecule has 3 amide bonds. The molecule has 0 radical (unpaired) electrons. The Hall–Kier alpha value is -4.29. The van der Waals surface area contributed by atoms with Gasteiger partial charge in [0, 0.05) is 26.2 Å². The highest BCUT2D eigenvalue weighted by atomic mass is 16.2. The fourth-order valence-corrected chi connectivity index (χ4v) is 5.47. The molecule has 0 aromatic heterocycles. The summed E-state index contributed by atoms with van der Waals surface area (Å²) in [5, 5.41) is 8.69. The zero-order valence-corrected chi connectivity index (χ0v) is 23.7. The number of hydrogen-bond donors (Lipinski definition) is 5. The van der Waals surface area contributed by atoms with Crippen LogP contribution in [0.25, 0.3) is 0 Å². The molecule has 42 heavy (non-hydrogen) atoms. The van der Waals surface area contributed by atoms with Crippen molar-refractivity contribution in [3.05, 3.63) is 71.8 Å². The summed E-state index contributed by atoms with van der Waals surface area (Å²) in [7, 11) is 0. The Morgan fingerprint density at radius 1 is 1.00 bits per heavy atom. The van der Waals surface area contributed by atoms with Crippen LogP contribution in [0.1, 0.15) is 36.8 Å². The van der Waals surface area contributed by atoms with Crippen LogP contribution in [0.3, 0.4) is 0 Å². The second kappa shape index (κ2) is 14.1. The van der Waals surface area contributed by atoms with Crippen LogP contribution in [0, 0.1) is 0 Å². The summed E-state index contributed by atoms with van der Waals surface area (Å²) in [6.07, 6.45) is 2.25. The van der Waals surface area contributed by atoms with E-state index in [2.05, 4.69) is 15.6 Å². The van der Waals surface area contributed by atoms with Gasteiger partial charge in [0.15, 0.2) is 5.96 Å². The lowest BCUT2D eigenvalue weighted by Gasteiger charge is -2.44. The Morgan fingerprint density at radius 3 is 2.33 bits per heavy atom. The number of guanidine groups is 1. The maximum atomic E-state index is 13.7. The van der Waals surface area contributed by atoms with Crippen molar-refractivity contribution in [3.63, 3.8) is 0 Å². The van der Waals surface area contributed by atoms with Gasteiger partial charge in [-0.3, -0.25) is 29.2 Å². The van der Waals surface area contributed by atoms with Gasteiger partial charge in [0.1, 0.15) is 11.6 Å². The van der Waals surface area contributed by atoms with Gasteiger partial charge in [0.25, 0.3) is 11.8 Å². The van der Waals surface area contributed by atoms with Crippen molar-refractivity contribution < 1.29 is 19.2 Å². The molecule has 2 heterocycles. The van der Waals surface area contributed by atoms with Crippen molar-refractivity contribution in [2.24, 2.45) is 22.2 Å². The third-order valence-corrected chi connectivity index (χ3v) is 7.72. The molecule has 2 aliphatic rings. The third kappa shape index (κ3) is 7.71. The zero-order chi connectivity index (χ0) is 30.1. The van der Waals surface area contributed by atoms with Crippen molar-refractivity contribution in [1.29, 1.82) is 0 Å². The van der Waals surface area contributed by atoms with Crippen LogP contribution in [-0.2, 0) is 32.0 Å². The quantitative estimate of drug-likeness (QED) is 0.0922. The zero-order valence-electron chi connectivity index (χ0n) is 23.7. The van der Waals surface area contributed by atoms with Gasteiger partial charge in [-0.15, -0.1) is 0 Å². The minimum atomic E-state index is -1.16. The van der Waals surface area contributed by atoms with Crippen molar-refractivity contribution in [3.8, 4) is 0 Å². The Kier molecular flexibility index (Phi) is 10.3. The summed E-state index contributed by atoms with van der Waals surface area (Å²) in [6.45, 7) is 1.54. The van der Waals surface area contributed by atoms with Crippen molar-refractivity contribution in [2.45, 2.75) is 56.1 Å². The smallest absolute Gasteiger partial charge is 0.289 e. The van der Waals surface area contributed by atoms with E-state index in [1.807, 2.05) is 65.7 Å². The summed E-state index contributed by atoms with van der Waals surface area (Å²) < 4.78 is 0. The van der Waals surface area contributed by atoms with E-state index in [9.17, 15) is 19.2 Å². The molecule has 12 heteroatoms. The van der Waals surface area contributed by atoms with E-state index < -0.39 is 35.2 Å². The standard InChI is InChI=1S/C30H40N8O4/c31-29(32)35-16-7-12-23(25(39)27(41)34-17-13-21-8-3-1-4-9-21)36-26(40)24-14-18-37-19-15-30(33,28(42)38(24)37)20-22-10-5-2-6-11-22/h1-6,8-11,23-24H,7,12-20,33H2,(H,34,41)(H,36,40)(H4,31,32,35)/t23?,24-,30+/m0/s1. The van der Waals surface area contributed by atoms with Crippen molar-refractivity contribution in [1.82, 2.24) is 20.7 Å². The van der Waals surface area contributed by atoms with Gasteiger partial charge in [-0.2, -0.15) is 0 Å². The first-order chi connectivity index (χ1) is 20.2. The van der Waals surface area contributed by atoms with Gasteiger partial charge in [0.2, 0.25) is 11.7 Å². The minimum Gasteiger partial charge on any atom is -0.370 e. The normalized spacial score (nSPS) is 20.8. The van der Waals surface area contributed by atoms with Crippen LogP contribution < -0.4 is 27.8 Å². The van der Waals surface area contributed by atoms with Crippen molar-refractivity contribution >= 4 is 29.5 Å². The first-order valence-electron chi connectivity index (χ1n) is 14.3. The fourth-order valence-electron chi connectivity index (χ4n) is 5.47. The minimum absolute atomic E-state index is 0.0870. The molecule has 8 N–H and O–H groups in total. The number of nitrogens with zero attached hydrogens (tertiary/aromatic N) is 3. The van der Waals surface area contributed by atoms with E-state index in [-0.39, 0.29) is 31.4 Å². The summed E-state index contributed by atoms with van der Waals surface area (Å²) in [4.78, 5) is 57.2. The van der Waals surface area contributed by atoms with Crippen LogP contribution in [0.15, 0.2) is 65.7 Å². The molecule has 0 bridgehead atoms. The van der Waals surface area contributed by atoms with Crippen molar-refractivity contribution in [2.75, 3.05) is 26.2 Å². The number of nitrogens with one attached hydrogen (secondary N) is 2.